The zero-order chi connectivity index (χ0) is 15.6. The van der Waals surface area contributed by atoms with Crippen LogP contribution in [0.25, 0.3) is 11.0 Å². The van der Waals surface area contributed by atoms with Crippen LogP contribution in [0, 0.1) is 0 Å². The van der Waals surface area contributed by atoms with E-state index >= 15 is 0 Å². The van der Waals surface area contributed by atoms with E-state index in [1.165, 1.54) is 0 Å². The molecule has 0 unspecified atom stereocenters. The Balaban J connectivity index is 1.60. The summed E-state index contributed by atoms with van der Waals surface area (Å²) in [6.07, 6.45) is 0.668. The third-order valence-electron chi connectivity index (χ3n) is 4.00. The highest BCUT2D eigenvalue weighted by Crippen LogP contribution is 2.14. The molecule has 0 atom stereocenters. The van der Waals surface area contributed by atoms with E-state index in [0.717, 1.165) is 36.5 Å². The number of H-pyrrole nitrogens is 1. The summed E-state index contributed by atoms with van der Waals surface area (Å²) in [5.41, 5.74) is 2.02. The Hall–Kier alpha value is -1.44. The number of fused-ring (bicyclic) bond motifs is 1. The van der Waals surface area contributed by atoms with Crippen molar-refractivity contribution in [1.82, 2.24) is 19.2 Å². The van der Waals surface area contributed by atoms with Gasteiger partial charge < -0.3 is 4.98 Å². The summed E-state index contributed by atoms with van der Waals surface area (Å²) >= 11 is 0. The molecule has 120 valence electrons. The molecule has 1 aliphatic heterocycles. The Morgan fingerprint density at radius 2 is 1.91 bits per heavy atom. The van der Waals surface area contributed by atoms with Gasteiger partial charge in [0.05, 0.1) is 23.3 Å². The van der Waals surface area contributed by atoms with Crippen LogP contribution >= 0.6 is 0 Å². The van der Waals surface area contributed by atoms with Gasteiger partial charge >= 0.3 is 0 Å². The van der Waals surface area contributed by atoms with Crippen LogP contribution in [0.1, 0.15) is 19.2 Å². The van der Waals surface area contributed by atoms with E-state index in [0.29, 0.717) is 19.5 Å². The first kappa shape index (κ1) is 15.5. The van der Waals surface area contributed by atoms with Crippen molar-refractivity contribution in [1.29, 1.82) is 0 Å². The molecule has 7 heteroatoms. The first-order chi connectivity index (χ1) is 10.6. The summed E-state index contributed by atoms with van der Waals surface area (Å²) in [7, 11) is -3.07. The molecule has 1 aromatic heterocycles. The van der Waals surface area contributed by atoms with Crippen molar-refractivity contribution in [2.24, 2.45) is 0 Å². The average Bonchev–Trinajstić information content (AvgIpc) is 2.90. The molecule has 1 N–H and O–H groups in total. The van der Waals surface area contributed by atoms with Crippen molar-refractivity contribution in [3.05, 3.63) is 30.1 Å². The Morgan fingerprint density at radius 1 is 1.18 bits per heavy atom. The van der Waals surface area contributed by atoms with Crippen LogP contribution in [0.3, 0.4) is 0 Å². The first-order valence-electron chi connectivity index (χ1n) is 7.72. The largest absolute Gasteiger partial charge is 0.341 e. The number of aromatic amines is 1. The topological polar surface area (TPSA) is 69.3 Å². The maximum Gasteiger partial charge on any atom is 0.214 e. The van der Waals surface area contributed by atoms with Gasteiger partial charge in [-0.15, -0.1) is 0 Å². The molecular formula is C15H22N4O2S. The van der Waals surface area contributed by atoms with Crippen molar-refractivity contribution in [3.8, 4) is 0 Å². The van der Waals surface area contributed by atoms with Gasteiger partial charge in [-0.3, -0.25) is 4.90 Å². The molecule has 0 bridgehead atoms. The number of hydrogen-bond donors (Lipinski definition) is 1. The van der Waals surface area contributed by atoms with Crippen molar-refractivity contribution < 1.29 is 8.42 Å². The minimum absolute atomic E-state index is 0.247. The van der Waals surface area contributed by atoms with Crippen LogP contribution in [0.4, 0.5) is 0 Å². The molecule has 0 radical (unpaired) electrons. The predicted octanol–water partition coefficient (Wildman–Crippen LogP) is 1.42. The monoisotopic (exact) mass is 322 g/mol. The Kier molecular flexibility index (Phi) is 4.46. The van der Waals surface area contributed by atoms with E-state index in [-0.39, 0.29) is 5.75 Å². The fourth-order valence-electron chi connectivity index (χ4n) is 2.85. The lowest BCUT2D eigenvalue weighted by atomic mass is 10.3. The highest BCUT2D eigenvalue weighted by Gasteiger charge is 2.26. The second kappa shape index (κ2) is 6.36. The van der Waals surface area contributed by atoms with Gasteiger partial charge in [0.1, 0.15) is 5.82 Å². The SMILES string of the molecule is CCCS(=O)(=O)N1CCN(Cc2nc3ccccc3[nH]2)CC1. The number of para-hydroxylation sites is 2. The number of piperazine rings is 1. The summed E-state index contributed by atoms with van der Waals surface area (Å²) in [5, 5.41) is 0. The Labute approximate surface area is 131 Å². The molecule has 1 saturated heterocycles. The highest BCUT2D eigenvalue weighted by atomic mass is 32.2. The fraction of sp³-hybridized carbons (Fsp3) is 0.533. The van der Waals surface area contributed by atoms with E-state index < -0.39 is 10.0 Å². The molecule has 1 aromatic carbocycles. The van der Waals surface area contributed by atoms with Crippen molar-refractivity contribution in [2.75, 3.05) is 31.9 Å². The molecule has 0 spiro atoms. The lowest BCUT2D eigenvalue weighted by Crippen LogP contribution is -2.48. The van der Waals surface area contributed by atoms with E-state index in [2.05, 4.69) is 14.9 Å². The number of aromatic nitrogens is 2. The zero-order valence-corrected chi connectivity index (χ0v) is 13.6. The molecule has 22 heavy (non-hydrogen) atoms. The second-order valence-corrected chi connectivity index (χ2v) is 7.78. The van der Waals surface area contributed by atoms with Gasteiger partial charge in [-0.05, 0) is 18.6 Å². The quantitative estimate of drug-likeness (QED) is 0.904. The molecule has 1 aliphatic rings. The number of nitrogens with zero attached hydrogens (tertiary/aromatic N) is 3. The van der Waals surface area contributed by atoms with Gasteiger partial charge in [0, 0.05) is 26.2 Å². The third kappa shape index (κ3) is 3.31. The van der Waals surface area contributed by atoms with Crippen LogP contribution in [0.5, 0.6) is 0 Å². The minimum Gasteiger partial charge on any atom is -0.341 e. The molecule has 6 nitrogen and oxygen atoms in total. The van der Waals surface area contributed by atoms with Crippen LogP contribution in [0.2, 0.25) is 0 Å². The molecule has 0 saturated carbocycles. The second-order valence-electron chi connectivity index (χ2n) is 5.69. The lowest BCUT2D eigenvalue weighted by molar-refractivity contribution is 0.178. The molecule has 1 fully saturated rings. The van der Waals surface area contributed by atoms with Gasteiger partial charge in [0.25, 0.3) is 0 Å². The first-order valence-corrected chi connectivity index (χ1v) is 9.33. The summed E-state index contributed by atoms with van der Waals surface area (Å²) in [4.78, 5) is 10.1. The van der Waals surface area contributed by atoms with Gasteiger partial charge in [0.15, 0.2) is 0 Å². The Morgan fingerprint density at radius 3 is 2.59 bits per heavy atom. The van der Waals surface area contributed by atoms with Gasteiger partial charge in [0.2, 0.25) is 10.0 Å². The maximum absolute atomic E-state index is 12.1. The van der Waals surface area contributed by atoms with E-state index in [4.69, 9.17) is 0 Å². The summed E-state index contributed by atoms with van der Waals surface area (Å²) in [6.45, 7) is 5.27. The van der Waals surface area contributed by atoms with E-state index in [1.54, 1.807) is 4.31 Å². The number of imidazole rings is 1. The van der Waals surface area contributed by atoms with Crippen molar-refractivity contribution >= 4 is 21.1 Å². The number of rotatable bonds is 5. The number of sulfonamides is 1. The third-order valence-corrected chi connectivity index (χ3v) is 6.07. The number of benzene rings is 1. The number of nitrogens with one attached hydrogen (secondary N) is 1. The van der Waals surface area contributed by atoms with E-state index in [9.17, 15) is 8.42 Å². The van der Waals surface area contributed by atoms with Crippen molar-refractivity contribution in [2.45, 2.75) is 19.9 Å². The Bertz CT molecular complexity index is 700. The molecule has 2 heterocycles. The summed E-state index contributed by atoms with van der Waals surface area (Å²) in [5.74, 6) is 1.18. The highest BCUT2D eigenvalue weighted by molar-refractivity contribution is 7.89. The van der Waals surface area contributed by atoms with Crippen molar-refractivity contribution in [3.63, 3.8) is 0 Å². The average molecular weight is 322 g/mol. The normalized spacial score (nSPS) is 18.0. The van der Waals surface area contributed by atoms with Crippen LogP contribution in [-0.4, -0.2) is 59.5 Å². The zero-order valence-electron chi connectivity index (χ0n) is 12.8. The standard InChI is InChI=1S/C15H22N4O2S/c1-2-11-22(20,21)19-9-7-18(8-10-19)12-15-16-13-5-3-4-6-14(13)17-15/h3-6H,2,7-12H2,1H3,(H,16,17). The van der Waals surface area contributed by atoms with Gasteiger partial charge in [-0.25, -0.2) is 13.4 Å². The fourth-order valence-corrected chi connectivity index (χ4v) is 4.34. The summed E-state index contributed by atoms with van der Waals surface area (Å²) < 4.78 is 25.7. The minimum atomic E-state index is -3.07. The smallest absolute Gasteiger partial charge is 0.214 e. The number of hydrogen-bond acceptors (Lipinski definition) is 4. The lowest BCUT2D eigenvalue weighted by Gasteiger charge is -2.33. The van der Waals surface area contributed by atoms with E-state index in [1.807, 2.05) is 31.2 Å². The predicted molar refractivity (Wildman–Crippen MR) is 87.0 cm³/mol. The molecule has 3 rings (SSSR count). The summed E-state index contributed by atoms with van der Waals surface area (Å²) in [6, 6.07) is 7.97. The van der Waals surface area contributed by atoms with Gasteiger partial charge in [-0.2, -0.15) is 4.31 Å². The molecular weight excluding hydrogens is 300 g/mol. The van der Waals surface area contributed by atoms with Crippen LogP contribution < -0.4 is 0 Å². The molecule has 0 amide bonds. The van der Waals surface area contributed by atoms with Crippen LogP contribution in [0.15, 0.2) is 24.3 Å². The van der Waals surface area contributed by atoms with Crippen LogP contribution in [-0.2, 0) is 16.6 Å². The molecule has 0 aliphatic carbocycles. The molecule has 2 aromatic rings. The maximum atomic E-state index is 12.1. The van der Waals surface area contributed by atoms with Gasteiger partial charge in [-0.1, -0.05) is 19.1 Å².